The molecule has 0 saturated carbocycles. The number of pyridine rings is 1. The zero-order chi connectivity index (χ0) is 25.9. The van der Waals surface area contributed by atoms with Gasteiger partial charge in [0.15, 0.2) is 0 Å². The summed E-state index contributed by atoms with van der Waals surface area (Å²) in [6.07, 6.45) is 8.41. The number of hydrogen-bond acceptors (Lipinski definition) is 7. The number of aromatic hydroxyl groups is 1. The third-order valence-electron chi connectivity index (χ3n) is 7.01. The van der Waals surface area contributed by atoms with E-state index in [-0.39, 0.29) is 29.3 Å². The third kappa shape index (κ3) is 5.26. The second-order valence-corrected chi connectivity index (χ2v) is 9.73. The number of phenolic OH excluding ortho intramolecular Hbond substituents is 1. The Kier molecular flexibility index (Phi) is 7.04. The van der Waals surface area contributed by atoms with Gasteiger partial charge in [0, 0.05) is 35.9 Å². The zero-order valence-electron chi connectivity index (χ0n) is 20.7. The smallest absolute Gasteiger partial charge is 0.342 e. The van der Waals surface area contributed by atoms with Crippen LogP contribution in [0.15, 0.2) is 48.7 Å². The zero-order valence-corrected chi connectivity index (χ0v) is 20.7. The van der Waals surface area contributed by atoms with E-state index in [0.717, 1.165) is 16.5 Å². The molecule has 190 valence electrons. The maximum Gasteiger partial charge on any atom is 0.342 e. The van der Waals surface area contributed by atoms with Gasteiger partial charge >= 0.3 is 11.9 Å². The molecule has 3 heterocycles. The summed E-state index contributed by atoms with van der Waals surface area (Å²) >= 11 is 0. The van der Waals surface area contributed by atoms with E-state index in [1.165, 1.54) is 0 Å². The lowest BCUT2D eigenvalue weighted by atomic mass is 9.83. The van der Waals surface area contributed by atoms with Crippen LogP contribution in [0.1, 0.15) is 84.8 Å². The molecule has 0 unspecified atom stereocenters. The average molecular weight is 500 g/mol. The van der Waals surface area contributed by atoms with Gasteiger partial charge in [-0.05, 0) is 68.0 Å². The maximum absolute atomic E-state index is 13.3. The highest BCUT2D eigenvalue weighted by Crippen LogP contribution is 2.47. The number of carbonyl (C=O) groups excluding carboxylic acids is 3. The molecular formula is C30H29NO6. The molecule has 3 aromatic rings. The molecular weight excluding hydrogens is 470 g/mol. The van der Waals surface area contributed by atoms with Gasteiger partial charge in [0.1, 0.15) is 22.8 Å². The SMILES string of the molecule is C[C@H]1CCCC(=O)CCC/C=C/c2cc3c(c(O)c2C(=O)O1)[C@@H](c1ccc2ncccc2c1)CC(=O)O3. The minimum absolute atomic E-state index is 0.0282. The summed E-state index contributed by atoms with van der Waals surface area (Å²) in [4.78, 5) is 42.4. The van der Waals surface area contributed by atoms with Crippen LogP contribution in [0.5, 0.6) is 11.5 Å². The second-order valence-electron chi connectivity index (χ2n) is 9.73. The first-order chi connectivity index (χ1) is 17.9. The number of aromatic nitrogens is 1. The highest BCUT2D eigenvalue weighted by molar-refractivity contribution is 5.98. The van der Waals surface area contributed by atoms with E-state index >= 15 is 0 Å². The van der Waals surface area contributed by atoms with Crippen molar-refractivity contribution in [2.45, 2.75) is 63.9 Å². The van der Waals surface area contributed by atoms with Crippen LogP contribution in [0.4, 0.5) is 0 Å². The lowest BCUT2D eigenvalue weighted by molar-refractivity contribution is -0.135. The first-order valence-corrected chi connectivity index (χ1v) is 12.7. The standard InChI is InChI=1S/C30H29NO6/c1-18-7-5-11-22(32)10-4-2-3-8-21-16-25-28(29(34)27(21)30(35)36-18)23(17-26(33)37-25)19-12-13-24-20(15-19)9-6-14-31-24/h3,6,8-9,12-16,18,23,34H,2,4-5,7,10-11,17H2,1H3/b8-3+/t18-,23+/m0/s1. The average Bonchev–Trinajstić information content (AvgIpc) is 2.87. The monoisotopic (exact) mass is 499 g/mol. The molecule has 0 saturated heterocycles. The summed E-state index contributed by atoms with van der Waals surface area (Å²) in [5.74, 6) is -1.36. The van der Waals surface area contributed by atoms with Crippen molar-refractivity contribution in [1.82, 2.24) is 4.98 Å². The van der Waals surface area contributed by atoms with Crippen LogP contribution >= 0.6 is 0 Å². The Hall–Kier alpha value is -4.00. The van der Waals surface area contributed by atoms with E-state index in [2.05, 4.69) is 4.98 Å². The molecule has 37 heavy (non-hydrogen) atoms. The fourth-order valence-corrected chi connectivity index (χ4v) is 5.11. The van der Waals surface area contributed by atoms with Gasteiger partial charge in [-0.2, -0.15) is 0 Å². The van der Waals surface area contributed by atoms with Crippen molar-refractivity contribution in [3.63, 3.8) is 0 Å². The summed E-state index contributed by atoms with van der Waals surface area (Å²) < 4.78 is 11.2. The molecule has 0 amide bonds. The summed E-state index contributed by atoms with van der Waals surface area (Å²) in [6.45, 7) is 1.78. The molecule has 0 radical (unpaired) electrons. The van der Waals surface area contributed by atoms with Gasteiger partial charge in [-0.3, -0.25) is 14.6 Å². The van der Waals surface area contributed by atoms with Crippen molar-refractivity contribution in [3.8, 4) is 11.5 Å². The Morgan fingerprint density at radius 3 is 2.76 bits per heavy atom. The Bertz CT molecular complexity index is 1410. The summed E-state index contributed by atoms with van der Waals surface area (Å²) in [7, 11) is 0. The van der Waals surface area contributed by atoms with Gasteiger partial charge in [0.25, 0.3) is 0 Å². The van der Waals surface area contributed by atoms with Crippen molar-refractivity contribution in [2.24, 2.45) is 0 Å². The molecule has 5 rings (SSSR count). The number of benzene rings is 2. The van der Waals surface area contributed by atoms with Crippen LogP contribution in [-0.2, 0) is 14.3 Å². The van der Waals surface area contributed by atoms with Gasteiger partial charge in [-0.1, -0.05) is 24.3 Å². The lowest BCUT2D eigenvalue weighted by Gasteiger charge is -2.28. The van der Waals surface area contributed by atoms with Gasteiger partial charge in [-0.25, -0.2) is 4.79 Å². The van der Waals surface area contributed by atoms with Crippen molar-refractivity contribution in [3.05, 3.63) is 70.9 Å². The Labute approximate surface area is 215 Å². The predicted octanol–water partition coefficient (Wildman–Crippen LogP) is 5.86. The molecule has 1 N–H and O–H groups in total. The Balaban J connectivity index is 1.61. The largest absolute Gasteiger partial charge is 0.507 e. The van der Waals surface area contributed by atoms with Crippen molar-refractivity contribution < 1.29 is 29.0 Å². The molecule has 0 spiro atoms. The van der Waals surface area contributed by atoms with Gasteiger partial charge in [0.2, 0.25) is 0 Å². The number of esters is 2. The predicted molar refractivity (Wildman–Crippen MR) is 139 cm³/mol. The maximum atomic E-state index is 13.3. The normalized spacial score (nSPS) is 21.8. The molecule has 2 aromatic carbocycles. The third-order valence-corrected chi connectivity index (χ3v) is 7.01. The van der Waals surface area contributed by atoms with E-state index in [1.807, 2.05) is 36.4 Å². The van der Waals surface area contributed by atoms with E-state index in [4.69, 9.17) is 9.47 Å². The molecule has 0 bridgehead atoms. The van der Waals surface area contributed by atoms with Gasteiger partial charge < -0.3 is 14.6 Å². The minimum atomic E-state index is -0.644. The Morgan fingerprint density at radius 1 is 1.05 bits per heavy atom. The number of rotatable bonds is 1. The van der Waals surface area contributed by atoms with Gasteiger partial charge in [-0.15, -0.1) is 0 Å². The number of phenols is 1. The number of hydrogen-bond donors (Lipinski definition) is 1. The van der Waals surface area contributed by atoms with Crippen LogP contribution in [0.25, 0.3) is 17.0 Å². The van der Waals surface area contributed by atoms with Crippen LogP contribution in [-0.4, -0.2) is 33.9 Å². The van der Waals surface area contributed by atoms with E-state index in [0.29, 0.717) is 49.7 Å². The summed E-state index contributed by atoms with van der Waals surface area (Å²) in [5, 5.41) is 12.4. The van der Waals surface area contributed by atoms with Crippen molar-refractivity contribution in [2.75, 3.05) is 0 Å². The number of Topliss-reactive ketones (excluding diaryl/α,β-unsaturated/α-hetero) is 1. The van der Waals surface area contributed by atoms with E-state index in [1.54, 1.807) is 25.3 Å². The van der Waals surface area contributed by atoms with Crippen LogP contribution in [0.3, 0.4) is 0 Å². The summed E-state index contributed by atoms with van der Waals surface area (Å²) in [6, 6.07) is 11.1. The number of carbonyl (C=O) groups is 3. The lowest BCUT2D eigenvalue weighted by Crippen LogP contribution is -2.23. The topological polar surface area (TPSA) is 103 Å². The summed E-state index contributed by atoms with van der Waals surface area (Å²) in [5.41, 5.74) is 2.50. The molecule has 1 aromatic heterocycles. The molecule has 2 atom stereocenters. The molecule has 2 aliphatic rings. The van der Waals surface area contributed by atoms with Crippen LogP contribution in [0.2, 0.25) is 0 Å². The number of cyclic esters (lactones) is 1. The van der Waals surface area contributed by atoms with Crippen LogP contribution in [0, 0.1) is 0 Å². The minimum Gasteiger partial charge on any atom is -0.507 e. The molecule has 2 aliphatic heterocycles. The highest BCUT2D eigenvalue weighted by Gasteiger charge is 2.35. The van der Waals surface area contributed by atoms with E-state index in [9.17, 15) is 19.5 Å². The molecule has 0 aliphatic carbocycles. The number of fused-ring (bicyclic) bond motifs is 3. The molecule has 7 nitrogen and oxygen atoms in total. The fourth-order valence-electron chi connectivity index (χ4n) is 5.11. The highest BCUT2D eigenvalue weighted by atomic mass is 16.5. The number of allylic oxidation sites excluding steroid dienone is 1. The first kappa shape index (κ1) is 24.7. The Morgan fingerprint density at radius 2 is 1.89 bits per heavy atom. The van der Waals surface area contributed by atoms with Crippen molar-refractivity contribution in [1.29, 1.82) is 0 Å². The van der Waals surface area contributed by atoms with Crippen molar-refractivity contribution >= 4 is 34.7 Å². The number of ketones is 1. The first-order valence-electron chi connectivity index (χ1n) is 12.7. The van der Waals surface area contributed by atoms with Gasteiger partial charge in [0.05, 0.1) is 18.0 Å². The van der Waals surface area contributed by atoms with E-state index < -0.39 is 24.0 Å². The fraction of sp³-hybridized carbons (Fsp3) is 0.333. The number of ether oxygens (including phenoxy) is 2. The van der Waals surface area contributed by atoms with Crippen LogP contribution < -0.4 is 4.74 Å². The molecule has 7 heteroatoms. The second kappa shape index (κ2) is 10.5. The number of nitrogens with zero attached hydrogens (tertiary/aromatic N) is 1. The molecule has 0 fully saturated rings. The quantitative estimate of drug-likeness (QED) is 0.330.